The lowest BCUT2D eigenvalue weighted by Crippen LogP contribution is -2.49. The normalized spacial score (nSPS) is 16.1. The lowest BCUT2D eigenvalue weighted by molar-refractivity contribution is -0.122. The molecule has 0 aromatic rings. The monoisotopic (exact) mass is 276 g/mol. The van der Waals surface area contributed by atoms with Crippen LogP contribution in [-0.4, -0.2) is 47.8 Å². The van der Waals surface area contributed by atoms with E-state index >= 15 is 0 Å². The van der Waals surface area contributed by atoms with Crippen LogP contribution in [0.1, 0.15) is 40.0 Å². The minimum Gasteiger partial charge on any atom is -0.388 e. The predicted octanol–water partition coefficient (Wildman–Crippen LogP) is 1.38. The molecule has 3 N–H and O–H groups in total. The Morgan fingerprint density at radius 1 is 1.44 bits per heavy atom. The molecule has 0 aromatic heterocycles. The zero-order valence-electron chi connectivity index (χ0n) is 12.1. The number of aliphatic hydroxyl groups is 1. The van der Waals surface area contributed by atoms with Crippen molar-refractivity contribution in [3.8, 4) is 0 Å². The molecule has 108 valence electrons. The van der Waals surface area contributed by atoms with Crippen molar-refractivity contribution in [3.05, 3.63) is 0 Å². The van der Waals surface area contributed by atoms with E-state index in [1.807, 2.05) is 13.2 Å². The average Bonchev–Trinajstić information content (AvgIpc) is 2.31. The lowest BCUT2D eigenvalue weighted by atomic mass is 10.1. The van der Waals surface area contributed by atoms with Crippen LogP contribution in [0.4, 0.5) is 0 Å². The molecule has 0 aromatic carbocycles. The van der Waals surface area contributed by atoms with Crippen molar-refractivity contribution in [1.29, 1.82) is 0 Å². The van der Waals surface area contributed by atoms with Crippen LogP contribution < -0.4 is 10.6 Å². The fourth-order valence-electron chi connectivity index (χ4n) is 1.57. The van der Waals surface area contributed by atoms with Crippen molar-refractivity contribution < 1.29 is 9.90 Å². The fraction of sp³-hybridized carbons (Fsp3) is 0.923. The molecule has 2 atom stereocenters. The summed E-state index contributed by atoms with van der Waals surface area (Å²) < 4.78 is 0. The van der Waals surface area contributed by atoms with Crippen LogP contribution >= 0.6 is 11.8 Å². The molecule has 0 radical (unpaired) electrons. The van der Waals surface area contributed by atoms with Crippen molar-refractivity contribution in [2.75, 3.05) is 25.1 Å². The van der Waals surface area contributed by atoms with Gasteiger partial charge in [0.1, 0.15) is 0 Å². The van der Waals surface area contributed by atoms with Gasteiger partial charge in [-0.2, -0.15) is 11.8 Å². The third-order valence-electron chi connectivity index (χ3n) is 2.72. The number of unbranched alkanes of at least 4 members (excludes halogenated alkanes) is 2. The number of hydrogen-bond acceptors (Lipinski definition) is 4. The number of carbonyl (C=O) groups is 1. The molecule has 0 aliphatic heterocycles. The van der Waals surface area contributed by atoms with Gasteiger partial charge >= 0.3 is 0 Å². The third kappa shape index (κ3) is 8.78. The van der Waals surface area contributed by atoms with Gasteiger partial charge in [-0.25, -0.2) is 0 Å². The van der Waals surface area contributed by atoms with E-state index < -0.39 is 5.60 Å². The third-order valence-corrected chi connectivity index (χ3v) is 3.63. The Morgan fingerprint density at radius 3 is 2.67 bits per heavy atom. The van der Waals surface area contributed by atoms with Crippen molar-refractivity contribution in [1.82, 2.24) is 10.6 Å². The SMILES string of the molecule is CCCCCNC(=O)C(C)NCC(C)(O)CSC. The summed E-state index contributed by atoms with van der Waals surface area (Å²) in [6, 6.07) is -0.264. The zero-order valence-corrected chi connectivity index (χ0v) is 12.9. The lowest BCUT2D eigenvalue weighted by Gasteiger charge is -2.24. The minimum absolute atomic E-state index is 0.00561. The second-order valence-corrected chi connectivity index (χ2v) is 5.90. The summed E-state index contributed by atoms with van der Waals surface area (Å²) in [5.41, 5.74) is -0.768. The summed E-state index contributed by atoms with van der Waals surface area (Å²) in [4.78, 5) is 11.7. The van der Waals surface area contributed by atoms with Crippen LogP contribution in [0.15, 0.2) is 0 Å². The van der Waals surface area contributed by atoms with E-state index in [2.05, 4.69) is 17.6 Å². The van der Waals surface area contributed by atoms with Crippen molar-refractivity contribution in [2.24, 2.45) is 0 Å². The highest BCUT2D eigenvalue weighted by Gasteiger charge is 2.21. The average molecular weight is 276 g/mol. The number of thioether (sulfide) groups is 1. The second kappa shape index (κ2) is 9.64. The number of amides is 1. The van der Waals surface area contributed by atoms with Gasteiger partial charge in [-0.1, -0.05) is 19.8 Å². The van der Waals surface area contributed by atoms with E-state index in [-0.39, 0.29) is 11.9 Å². The Bertz CT molecular complexity index is 235. The summed E-state index contributed by atoms with van der Waals surface area (Å²) in [6.07, 6.45) is 5.28. The molecule has 0 rings (SSSR count). The molecule has 5 heteroatoms. The van der Waals surface area contributed by atoms with E-state index in [4.69, 9.17) is 0 Å². The van der Waals surface area contributed by atoms with Gasteiger partial charge in [-0.3, -0.25) is 4.79 Å². The smallest absolute Gasteiger partial charge is 0.236 e. The van der Waals surface area contributed by atoms with Gasteiger partial charge in [0.05, 0.1) is 11.6 Å². The van der Waals surface area contributed by atoms with Gasteiger partial charge in [0.15, 0.2) is 0 Å². The first-order chi connectivity index (χ1) is 8.43. The maximum absolute atomic E-state index is 11.7. The van der Waals surface area contributed by atoms with Crippen LogP contribution in [0, 0.1) is 0 Å². The van der Waals surface area contributed by atoms with Crippen LogP contribution in [0.2, 0.25) is 0 Å². The van der Waals surface area contributed by atoms with E-state index in [1.165, 1.54) is 0 Å². The highest BCUT2D eigenvalue weighted by Crippen LogP contribution is 2.09. The topological polar surface area (TPSA) is 61.4 Å². The highest BCUT2D eigenvalue weighted by molar-refractivity contribution is 7.98. The Kier molecular flexibility index (Phi) is 9.50. The number of carbonyl (C=O) groups excluding carboxylic acids is 1. The second-order valence-electron chi connectivity index (χ2n) is 5.03. The van der Waals surface area contributed by atoms with Crippen molar-refractivity contribution in [2.45, 2.75) is 51.7 Å². The fourth-order valence-corrected chi connectivity index (χ4v) is 2.29. The van der Waals surface area contributed by atoms with E-state index in [0.29, 0.717) is 12.3 Å². The van der Waals surface area contributed by atoms with Crippen LogP contribution in [0.25, 0.3) is 0 Å². The summed E-state index contributed by atoms with van der Waals surface area (Å²) in [5, 5.41) is 15.9. The van der Waals surface area contributed by atoms with Crippen LogP contribution in [0.5, 0.6) is 0 Å². The van der Waals surface area contributed by atoms with Gasteiger partial charge in [-0.05, 0) is 26.5 Å². The first kappa shape index (κ1) is 17.7. The Balaban J connectivity index is 3.80. The maximum Gasteiger partial charge on any atom is 0.236 e. The molecule has 1 amide bonds. The number of nitrogens with one attached hydrogen (secondary N) is 2. The molecular weight excluding hydrogens is 248 g/mol. The Hall–Kier alpha value is -0.260. The van der Waals surface area contributed by atoms with Crippen molar-refractivity contribution >= 4 is 17.7 Å². The van der Waals surface area contributed by atoms with E-state index in [0.717, 1.165) is 25.8 Å². The van der Waals surface area contributed by atoms with Gasteiger partial charge in [-0.15, -0.1) is 0 Å². The summed E-state index contributed by atoms with van der Waals surface area (Å²) in [6.45, 7) is 6.91. The molecule has 0 spiro atoms. The molecule has 0 fully saturated rings. The quantitative estimate of drug-likeness (QED) is 0.528. The predicted molar refractivity (Wildman–Crippen MR) is 79.0 cm³/mol. The molecule has 4 nitrogen and oxygen atoms in total. The number of rotatable bonds is 10. The first-order valence-electron chi connectivity index (χ1n) is 6.65. The highest BCUT2D eigenvalue weighted by atomic mass is 32.2. The summed E-state index contributed by atoms with van der Waals surface area (Å²) in [7, 11) is 0. The molecule has 0 heterocycles. The standard InChI is InChI=1S/C13H28N2O2S/c1-5-6-7-8-14-12(16)11(2)15-9-13(3,17)10-18-4/h11,15,17H,5-10H2,1-4H3,(H,14,16). The molecular formula is C13H28N2O2S. The number of hydrogen-bond donors (Lipinski definition) is 3. The molecule has 0 saturated heterocycles. The minimum atomic E-state index is -0.768. The molecule has 0 aliphatic rings. The van der Waals surface area contributed by atoms with Gasteiger partial charge in [0, 0.05) is 18.8 Å². The van der Waals surface area contributed by atoms with Crippen LogP contribution in [0.3, 0.4) is 0 Å². The van der Waals surface area contributed by atoms with Gasteiger partial charge in [0.2, 0.25) is 5.91 Å². The molecule has 0 aliphatic carbocycles. The van der Waals surface area contributed by atoms with Gasteiger partial charge in [0.25, 0.3) is 0 Å². The van der Waals surface area contributed by atoms with E-state index in [9.17, 15) is 9.90 Å². The zero-order chi connectivity index (χ0) is 14.0. The molecule has 18 heavy (non-hydrogen) atoms. The molecule has 2 unspecified atom stereocenters. The van der Waals surface area contributed by atoms with Crippen LogP contribution in [-0.2, 0) is 4.79 Å². The largest absolute Gasteiger partial charge is 0.388 e. The van der Waals surface area contributed by atoms with E-state index in [1.54, 1.807) is 18.7 Å². The molecule has 0 saturated carbocycles. The first-order valence-corrected chi connectivity index (χ1v) is 8.04. The van der Waals surface area contributed by atoms with Crippen molar-refractivity contribution in [3.63, 3.8) is 0 Å². The van der Waals surface area contributed by atoms with Gasteiger partial charge < -0.3 is 15.7 Å². The maximum atomic E-state index is 11.7. The Morgan fingerprint density at radius 2 is 2.11 bits per heavy atom. The summed E-state index contributed by atoms with van der Waals surface area (Å²) in [5.74, 6) is 0.663. The molecule has 0 bridgehead atoms. The summed E-state index contributed by atoms with van der Waals surface area (Å²) >= 11 is 1.60. The Labute approximate surface area is 115 Å².